The molecular formula is C16H11NO4S. The van der Waals surface area contributed by atoms with Crippen molar-refractivity contribution in [2.75, 3.05) is 6.79 Å². The standard InChI is InChI=1S/C16H11NO4S/c17-10-14(22(18,19)13-4-2-1-3-5-13)8-12-6-7-15-16(9-12)21-11-20-15/h1-9H,11H2/b14-8-. The molecule has 0 aliphatic carbocycles. The van der Waals surface area contributed by atoms with Gasteiger partial charge in [-0.1, -0.05) is 24.3 Å². The van der Waals surface area contributed by atoms with E-state index in [0.29, 0.717) is 17.1 Å². The van der Waals surface area contributed by atoms with Crippen LogP contribution in [-0.4, -0.2) is 15.2 Å². The van der Waals surface area contributed by atoms with Gasteiger partial charge in [0.15, 0.2) is 11.5 Å². The maximum atomic E-state index is 12.5. The summed E-state index contributed by atoms with van der Waals surface area (Å²) in [6.07, 6.45) is 1.32. The van der Waals surface area contributed by atoms with Crippen LogP contribution in [-0.2, 0) is 9.84 Å². The molecule has 0 spiro atoms. The third kappa shape index (κ3) is 2.54. The largest absolute Gasteiger partial charge is 0.454 e. The van der Waals surface area contributed by atoms with Crippen molar-refractivity contribution in [1.82, 2.24) is 0 Å². The summed E-state index contributed by atoms with van der Waals surface area (Å²) in [5.74, 6) is 1.13. The van der Waals surface area contributed by atoms with Gasteiger partial charge < -0.3 is 9.47 Å². The number of benzene rings is 2. The number of nitriles is 1. The van der Waals surface area contributed by atoms with Crippen LogP contribution in [0.4, 0.5) is 0 Å². The molecule has 22 heavy (non-hydrogen) atoms. The summed E-state index contributed by atoms with van der Waals surface area (Å²) in [4.78, 5) is -0.235. The number of allylic oxidation sites excluding steroid dienone is 1. The summed E-state index contributed by atoms with van der Waals surface area (Å²) in [5.41, 5.74) is 0.556. The molecular weight excluding hydrogens is 302 g/mol. The maximum absolute atomic E-state index is 12.5. The SMILES string of the molecule is N#C/C(=C/c1ccc2c(c1)OCO2)S(=O)(=O)c1ccccc1. The number of ether oxygens (including phenoxy) is 2. The van der Waals surface area contributed by atoms with Gasteiger partial charge in [0, 0.05) is 0 Å². The number of sulfone groups is 1. The molecule has 0 N–H and O–H groups in total. The molecule has 0 saturated heterocycles. The van der Waals surface area contributed by atoms with Crippen LogP contribution in [0.5, 0.6) is 11.5 Å². The highest BCUT2D eigenvalue weighted by atomic mass is 32.2. The molecule has 0 aromatic heterocycles. The average molecular weight is 313 g/mol. The Morgan fingerprint density at radius 3 is 2.55 bits per heavy atom. The zero-order valence-corrected chi connectivity index (χ0v) is 12.2. The highest BCUT2D eigenvalue weighted by molar-refractivity contribution is 7.95. The van der Waals surface area contributed by atoms with Crippen molar-refractivity contribution in [2.24, 2.45) is 0 Å². The lowest BCUT2D eigenvalue weighted by Crippen LogP contribution is -2.03. The van der Waals surface area contributed by atoms with E-state index in [1.807, 2.05) is 0 Å². The van der Waals surface area contributed by atoms with Crippen LogP contribution in [0.15, 0.2) is 58.3 Å². The normalized spacial score (nSPS) is 13.7. The van der Waals surface area contributed by atoms with Crippen molar-refractivity contribution in [2.45, 2.75) is 4.90 Å². The van der Waals surface area contributed by atoms with Crippen molar-refractivity contribution in [3.05, 3.63) is 59.0 Å². The molecule has 0 bridgehead atoms. The summed E-state index contributed by atoms with van der Waals surface area (Å²) in [7, 11) is -3.84. The summed E-state index contributed by atoms with van der Waals surface area (Å²) in [6.45, 7) is 0.135. The Kier molecular flexibility index (Phi) is 3.57. The second kappa shape index (κ2) is 5.54. The predicted octanol–water partition coefficient (Wildman–Crippen LogP) is 2.75. The first-order valence-corrected chi connectivity index (χ1v) is 7.91. The fourth-order valence-corrected chi connectivity index (χ4v) is 3.23. The molecule has 6 heteroatoms. The Morgan fingerprint density at radius 1 is 1.09 bits per heavy atom. The van der Waals surface area contributed by atoms with E-state index < -0.39 is 9.84 Å². The van der Waals surface area contributed by atoms with Gasteiger partial charge in [0.05, 0.1) is 4.90 Å². The minimum atomic E-state index is -3.84. The monoisotopic (exact) mass is 313 g/mol. The first-order valence-electron chi connectivity index (χ1n) is 6.43. The van der Waals surface area contributed by atoms with E-state index in [0.717, 1.165) is 0 Å². The zero-order valence-electron chi connectivity index (χ0n) is 11.4. The number of hydrogen-bond acceptors (Lipinski definition) is 5. The van der Waals surface area contributed by atoms with Crippen LogP contribution in [0.2, 0.25) is 0 Å². The quantitative estimate of drug-likeness (QED) is 0.814. The highest BCUT2D eigenvalue weighted by Crippen LogP contribution is 2.33. The zero-order chi connectivity index (χ0) is 15.6. The maximum Gasteiger partial charge on any atom is 0.231 e. The molecule has 0 atom stereocenters. The van der Waals surface area contributed by atoms with Crippen molar-refractivity contribution in [3.63, 3.8) is 0 Å². The summed E-state index contributed by atoms with van der Waals surface area (Å²) < 4.78 is 35.3. The summed E-state index contributed by atoms with van der Waals surface area (Å²) in [5, 5.41) is 9.22. The van der Waals surface area contributed by atoms with Gasteiger partial charge in [-0.15, -0.1) is 0 Å². The topological polar surface area (TPSA) is 76.4 Å². The van der Waals surface area contributed by atoms with E-state index in [1.54, 1.807) is 42.5 Å². The smallest absolute Gasteiger partial charge is 0.231 e. The fourth-order valence-electron chi connectivity index (χ4n) is 2.05. The molecule has 0 saturated carbocycles. The fraction of sp³-hybridized carbons (Fsp3) is 0.0625. The molecule has 1 aliphatic rings. The van der Waals surface area contributed by atoms with E-state index in [9.17, 15) is 13.7 Å². The van der Waals surface area contributed by atoms with Crippen molar-refractivity contribution < 1.29 is 17.9 Å². The van der Waals surface area contributed by atoms with E-state index in [1.165, 1.54) is 18.2 Å². The van der Waals surface area contributed by atoms with Gasteiger partial charge >= 0.3 is 0 Å². The van der Waals surface area contributed by atoms with Crippen LogP contribution in [0.3, 0.4) is 0 Å². The summed E-state index contributed by atoms with van der Waals surface area (Å²) in [6, 6.07) is 14.6. The second-order valence-electron chi connectivity index (χ2n) is 4.55. The molecule has 0 fully saturated rings. The van der Waals surface area contributed by atoms with E-state index in [4.69, 9.17) is 9.47 Å². The molecule has 0 amide bonds. The Hall–Kier alpha value is -2.78. The second-order valence-corrected chi connectivity index (χ2v) is 6.47. The minimum Gasteiger partial charge on any atom is -0.454 e. The van der Waals surface area contributed by atoms with Crippen LogP contribution in [0.1, 0.15) is 5.56 Å². The Balaban J connectivity index is 2.03. The number of hydrogen-bond donors (Lipinski definition) is 0. The van der Waals surface area contributed by atoms with Gasteiger partial charge in [-0.2, -0.15) is 5.26 Å². The average Bonchev–Trinajstić information content (AvgIpc) is 3.01. The van der Waals surface area contributed by atoms with Crippen LogP contribution >= 0.6 is 0 Å². The van der Waals surface area contributed by atoms with E-state index in [-0.39, 0.29) is 16.6 Å². The Labute approximate surface area is 127 Å². The van der Waals surface area contributed by atoms with Gasteiger partial charge in [0.1, 0.15) is 11.0 Å². The van der Waals surface area contributed by atoms with Crippen molar-refractivity contribution in [1.29, 1.82) is 5.26 Å². The van der Waals surface area contributed by atoms with Gasteiger partial charge in [-0.05, 0) is 35.9 Å². The summed E-state index contributed by atoms with van der Waals surface area (Å²) >= 11 is 0. The van der Waals surface area contributed by atoms with E-state index in [2.05, 4.69) is 0 Å². The highest BCUT2D eigenvalue weighted by Gasteiger charge is 2.21. The number of rotatable bonds is 3. The van der Waals surface area contributed by atoms with Gasteiger partial charge in [-0.25, -0.2) is 8.42 Å². The molecule has 1 heterocycles. The number of nitrogens with zero attached hydrogens (tertiary/aromatic N) is 1. The lowest BCUT2D eigenvalue weighted by Gasteiger charge is -2.03. The predicted molar refractivity (Wildman–Crippen MR) is 79.8 cm³/mol. The molecule has 2 aromatic carbocycles. The van der Waals surface area contributed by atoms with Gasteiger partial charge in [0.25, 0.3) is 0 Å². The molecule has 0 unspecified atom stereocenters. The van der Waals surface area contributed by atoms with E-state index >= 15 is 0 Å². The van der Waals surface area contributed by atoms with Gasteiger partial charge in [-0.3, -0.25) is 0 Å². The van der Waals surface area contributed by atoms with Crippen LogP contribution < -0.4 is 9.47 Å². The first kappa shape index (κ1) is 14.2. The lowest BCUT2D eigenvalue weighted by atomic mass is 10.2. The first-order chi connectivity index (χ1) is 10.6. The Morgan fingerprint density at radius 2 is 1.82 bits per heavy atom. The minimum absolute atomic E-state index is 0.0866. The number of fused-ring (bicyclic) bond motifs is 1. The molecule has 2 aromatic rings. The molecule has 110 valence electrons. The van der Waals surface area contributed by atoms with Crippen LogP contribution in [0, 0.1) is 11.3 Å². The van der Waals surface area contributed by atoms with Crippen molar-refractivity contribution >= 4 is 15.9 Å². The van der Waals surface area contributed by atoms with Crippen molar-refractivity contribution in [3.8, 4) is 17.6 Å². The molecule has 3 rings (SSSR count). The molecule has 1 aliphatic heterocycles. The molecule has 0 radical (unpaired) electrons. The molecule has 5 nitrogen and oxygen atoms in total. The lowest BCUT2D eigenvalue weighted by molar-refractivity contribution is 0.174. The Bertz CT molecular complexity index is 880. The third-order valence-corrected chi connectivity index (χ3v) is 4.83. The third-order valence-electron chi connectivity index (χ3n) is 3.15. The van der Waals surface area contributed by atoms with Gasteiger partial charge in [0.2, 0.25) is 16.6 Å². The van der Waals surface area contributed by atoms with Crippen LogP contribution in [0.25, 0.3) is 6.08 Å².